The Morgan fingerprint density at radius 3 is 2.39 bits per heavy atom. The Labute approximate surface area is 259 Å². The minimum atomic E-state index is -0.464. The van der Waals surface area contributed by atoms with E-state index in [1.165, 1.54) is 22.8 Å². The Hall–Kier alpha value is -5.32. The summed E-state index contributed by atoms with van der Waals surface area (Å²) in [5.41, 5.74) is 3.16. The number of carbonyl (C=O) groups excluding carboxylic acids is 1. The summed E-state index contributed by atoms with van der Waals surface area (Å²) in [6, 6.07) is 26.5. The lowest BCUT2D eigenvalue weighted by Crippen LogP contribution is -2.23. The Kier molecular flexibility index (Phi) is 6.92. The molecule has 0 aliphatic heterocycles. The average Bonchev–Trinajstić information content (AvgIpc) is 3.72. The second kappa shape index (κ2) is 11.1. The van der Waals surface area contributed by atoms with Crippen LogP contribution in [0.1, 0.15) is 12.5 Å². The molecular formula is C33H22ClN5O4S. The predicted molar refractivity (Wildman–Crippen MR) is 171 cm³/mol. The molecule has 0 atom stereocenters. The Balaban J connectivity index is 1.36. The monoisotopic (exact) mass is 619 g/mol. The highest BCUT2D eigenvalue weighted by atomic mass is 35.5. The van der Waals surface area contributed by atoms with Gasteiger partial charge in [-0.2, -0.15) is 14.6 Å². The van der Waals surface area contributed by atoms with Crippen LogP contribution in [0, 0.1) is 0 Å². The van der Waals surface area contributed by atoms with Crippen molar-refractivity contribution in [3.05, 3.63) is 117 Å². The first-order valence-electron chi connectivity index (χ1n) is 13.5. The van der Waals surface area contributed by atoms with E-state index in [1.54, 1.807) is 36.1 Å². The molecule has 0 fully saturated rings. The standard InChI is InChI=1S/C33H22ClN5O4S/c1-19(40)43-28-16-21-9-7-6-8-20(21)14-25(28)31-35-33-39(37-31)32(41)29(44-33)17-23-18-38(24-10-4-3-5-11-24)36-30(23)22-12-13-27(42-2)26(34)15-22/h3-18H,1-2H3. The van der Waals surface area contributed by atoms with Crippen molar-refractivity contribution in [1.29, 1.82) is 0 Å². The minimum absolute atomic E-state index is 0.285. The summed E-state index contributed by atoms with van der Waals surface area (Å²) < 4.78 is 14.3. The third-order valence-corrected chi connectivity index (χ3v) is 8.25. The van der Waals surface area contributed by atoms with E-state index in [4.69, 9.17) is 26.2 Å². The van der Waals surface area contributed by atoms with Gasteiger partial charge in [-0.1, -0.05) is 65.4 Å². The molecule has 9 nitrogen and oxygen atoms in total. The van der Waals surface area contributed by atoms with E-state index < -0.39 is 5.97 Å². The lowest BCUT2D eigenvalue weighted by atomic mass is 10.1. The third kappa shape index (κ3) is 5.00. The summed E-state index contributed by atoms with van der Waals surface area (Å²) in [6.45, 7) is 1.34. The molecule has 44 heavy (non-hydrogen) atoms. The summed E-state index contributed by atoms with van der Waals surface area (Å²) in [5, 5.41) is 11.6. The maximum absolute atomic E-state index is 13.6. The fourth-order valence-electron chi connectivity index (χ4n) is 4.97. The summed E-state index contributed by atoms with van der Waals surface area (Å²) in [4.78, 5) is 30.5. The molecule has 4 aromatic carbocycles. The van der Waals surface area contributed by atoms with E-state index >= 15 is 0 Å². The van der Waals surface area contributed by atoms with Crippen molar-refractivity contribution < 1.29 is 14.3 Å². The molecule has 0 amide bonds. The van der Waals surface area contributed by atoms with Crippen LogP contribution in [0.2, 0.25) is 5.02 Å². The second-order valence-corrected chi connectivity index (χ2v) is 11.3. The van der Waals surface area contributed by atoms with Crippen LogP contribution < -0.4 is 19.6 Å². The first kappa shape index (κ1) is 27.5. The zero-order valence-corrected chi connectivity index (χ0v) is 25.0. The first-order chi connectivity index (χ1) is 21.4. The Morgan fingerprint density at radius 2 is 1.68 bits per heavy atom. The SMILES string of the molecule is COc1ccc(-c2nn(-c3ccccc3)cc2C=c2sc3nc(-c4cc5ccccc5cc4OC(C)=O)nn3c2=O)cc1Cl. The largest absolute Gasteiger partial charge is 0.495 e. The van der Waals surface area contributed by atoms with Gasteiger partial charge >= 0.3 is 5.97 Å². The van der Waals surface area contributed by atoms with Crippen molar-refractivity contribution in [3.63, 3.8) is 0 Å². The van der Waals surface area contributed by atoms with Gasteiger partial charge < -0.3 is 9.47 Å². The molecule has 0 saturated heterocycles. The van der Waals surface area contributed by atoms with Crippen molar-refractivity contribution in [1.82, 2.24) is 24.4 Å². The number of halogens is 1. The number of fused-ring (bicyclic) bond motifs is 2. The maximum atomic E-state index is 13.6. The van der Waals surface area contributed by atoms with Crippen LogP contribution in [0.4, 0.5) is 0 Å². The molecule has 0 spiro atoms. The number of benzene rings is 4. The van der Waals surface area contributed by atoms with Crippen LogP contribution in [0.15, 0.2) is 95.9 Å². The number of hydrogen-bond acceptors (Lipinski definition) is 8. The van der Waals surface area contributed by atoms with Crippen LogP contribution in [0.25, 0.3) is 50.1 Å². The molecule has 0 N–H and O–H groups in total. The van der Waals surface area contributed by atoms with Gasteiger partial charge in [0.25, 0.3) is 5.56 Å². The highest BCUT2D eigenvalue weighted by Crippen LogP contribution is 2.34. The quantitative estimate of drug-likeness (QED) is 0.167. The van der Waals surface area contributed by atoms with E-state index in [0.29, 0.717) is 42.8 Å². The van der Waals surface area contributed by atoms with Crippen molar-refractivity contribution >= 4 is 50.7 Å². The number of aromatic nitrogens is 5. The van der Waals surface area contributed by atoms with E-state index in [2.05, 4.69) is 10.1 Å². The highest BCUT2D eigenvalue weighted by Gasteiger charge is 2.19. The number of nitrogens with zero attached hydrogens (tertiary/aromatic N) is 5. The fourth-order valence-corrected chi connectivity index (χ4v) is 6.12. The smallest absolute Gasteiger partial charge is 0.308 e. The summed E-state index contributed by atoms with van der Waals surface area (Å²) in [6.07, 6.45) is 3.65. The molecule has 11 heteroatoms. The van der Waals surface area contributed by atoms with E-state index in [-0.39, 0.29) is 11.4 Å². The molecule has 0 aliphatic carbocycles. The van der Waals surface area contributed by atoms with Gasteiger partial charge in [-0.15, -0.1) is 5.10 Å². The maximum Gasteiger partial charge on any atom is 0.308 e. The van der Waals surface area contributed by atoms with Crippen LogP contribution in [0.3, 0.4) is 0 Å². The fraction of sp³-hybridized carbons (Fsp3) is 0.0606. The molecule has 3 aromatic heterocycles. The zero-order valence-electron chi connectivity index (χ0n) is 23.4. The van der Waals surface area contributed by atoms with E-state index in [9.17, 15) is 9.59 Å². The minimum Gasteiger partial charge on any atom is -0.495 e. The number of para-hydroxylation sites is 1. The molecule has 216 valence electrons. The third-order valence-electron chi connectivity index (χ3n) is 7.00. The normalized spacial score (nSPS) is 11.8. The van der Waals surface area contributed by atoms with Crippen molar-refractivity contribution in [3.8, 4) is 39.8 Å². The zero-order chi connectivity index (χ0) is 30.4. The number of carbonyl (C=O) groups is 1. The Morgan fingerprint density at radius 1 is 0.932 bits per heavy atom. The lowest BCUT2D eigenvalue weighted by Gasteiger charge is -2.08. The van der Waals surface area contributed by atoms with Gasteiger partial charge in [0.1, 0.15) is 17.2 Å². The molecular weight excluding hydrogens is 598 g/mol. The summed E-state index contributed by atoms with van der Waals surface area (Å²) in [7, 11) is 1.56. The van der Waals surface area contributed by atoms with Gasteiger partial charge in [0.2, 0.25) is 4.96 Å². The van der Waals surface area contributed by atoms with Crippen molar-refractivity contribution in [2.75, 3.05) is 7.11 Å². The molecule has 0 saturated carbocycles. The van der Waals surface area contributed by atoms with Gasteiger partial charge in [0.15, 0.2) is 5.82 Å². The molecule has 0 unspecified atom stereocenters. The van der Waals surface area contributed by atoms with Gasteiger partial charge in [-0.25, -0.2) is 4.68 Å². The number of methoxy groups -OCH3 is 1. The average molecular weight is 620 g/mol. The molecule has 7 aromatic rings. The Bertz CT molecular complexity index is 2330. The van der Waals surface area contributed by atoms with Gasteiger partial charge in [-0.3, -0.25) is 9.59 Å². The van der Waals surface area contributed by atoms with Crippen LogP contribution >= 0.6 is 22.9 Å². The molecule has 3 heterocycles. The number of ether oxygens (including phenoxy) is 2. The first-order valence-corrected chi connectivity index (χ1v) is 14.7. The van der Waals surface area contributed by atoms with Gasteiger partial charge in [-0.05, 0) is 59.3 Å². The predicted octanol–water partition coefficient (Wildman–Crippen LogP) is 5.96. The molecule has 7 rings (SSSR count). The van der Waals surface area contributed by atoms with Gasteiger partial charge in [0, 0.05) is 24.2 Å². The number of hydrogen-bond donors (Lipinski definition) is 0. The highest BCUT2D eigenvalue weighted by molar-refractivity contribution is 7.15. The summed E-state index contributed by atoms with van der Waals surface area (Å²) >= 11 is 7.66. The van der Waals surface area contributed by atoms with E-state index in [0.717, 1.165) is 22.0 Å². The number of esters is 1. The van der Waals surface area contributed by atoms with Gasteiger partial charge in [0.05, 0.1) is 27.9 Å². The lowest BCUT2D eigenvalue weighted by molar-refractivity contribution is -0.131. The number of rotatable bonds is 6. The molecule has 0 radical (unpaired) electrons. The van der Waals surface area contributed by atoms with Crippen LogP contribution in [-0.4, -0.2) is 37.5 Å². The molecule has 0 bridgehead atoms. The van der Waals surface area contributed by atoms with Crippen LogP contribution in [0.5, 0.6) is 11.5 Å². The van der Waals surface area contributed by atoms with Crippen molar-refractivity contribution in [2.24, 2.45) is 0 Å². The molecule has 0 aliphatic rings. The van der Waals surface area contributed by atoms with Crippen molar-refractivity contribution in [2.45, 2.75) is 6.92 Å². The van der Waals surface area contributed by atoms with Crippen LogP contribution in [-0.2, 0) is 4.79 Å². The topological polar surface area (TPSA) is 101 Å². The van der Waals surface area contributed by atoms with E-state index in [1.807, 2.05) is 72.9 Å². The number of thiazole rings is 1. The second-order valence-electron chi connectivity index (χ2n) is 9.90. The summed E-state index contributed by atoms with van der Waals surface area (Å²) in [5.74, 6) is 0.695.